The second kappa shape index (κ2) is 3.58. The molecule has 0 aliphatic carbocycles. The van der Waals surface area contributed by atoms with E-state index in [9.17, 15) is 0 Å². The van der Waals surface area contributed by atoms with Gasteiger partial charge in [-0.3, -0.25) is 0 Å². The lowest BCUT2D eigenvalue weighted by atomic mass is 10.4. The summed E-state index contributed by atoms with van der Waals surface area (Å²) in [5.74, 6) is 0.839. The van der Waals surface area contributed by atoms with Gasteiger partial charge < -0.3 is 9.84 Å². The lowest BCUT2D eigenvalue weighted by Crippen LogP contribution is -2.15. The number of rotatable bonds is 3. The minimum Gasteiger partial charge on any atom is -0.487 e. The van der Waals surface area contributed by atoms with Crippen LogP contribution in [0, 0.1) is 0 Å². The Morgan fingerprint density at radius 1 is 1.80 bits per heavy atom. The maximum atomic E-state index is 8.61. The van der Waals surface area contributed by atoms with Crippen LogP contribution in [0.5, 0.6) is 5.75 Å². The van der Waals surface area contributed by atoms with Crippen LogP contribution in [-0.2, 0) is 0 Å². The van der Waals surface area contributed by atoms with Gasteiger partial charge in [0, 0.05) is 5.38 Å². The third kappa shape index (κ3) is 2.01. The maximum absolute atomic E-state index is 8.61. The molecule has 0 saturated carbocycles. The highest BCUT2D eigenvalue weighted by molar-refractivity contribution is 7.08. The van der Waals surface area contributed by atoms with Crippen LogP contribution < -0.4 is 4.74 Å². The predicted molar refractivity (Wildman–Crippen MR) is 41.5 cm³/mol. The van der Waals surface area contributed by atoms with Crippen molar-refractivity contribution in [3.63, 3.8) is 0 Å². The number of aliphatic hydroxyl groups excluding tert-OH is 1. The summed E-state index contributed by atoms with van der Waals surface area (Å²) in [6.07, 6.45) is -0.102. The number of hydrogen-bond acceptors (Lipinski definition) is 3. The third-order valence-corrected chi connectivity index (χ3v) is 1.75. The van der Waals surface area contributed by atoms with Gasteiger partial charge in [0.15, 0.2) is 0 Å². The molecule has 0 aliphatic rings. The van der Waals surface area contributed by atoms with Crippen LogP contribution in [0.25, 0.3) is 0 Å². The average molecular weight is 158 g/mol. The molecule has 0 amide bonds. The first-order valence-corrected chi connectivity index (χ1v) is 4.07. The van der Waals surface area contributed by atoms with Gasteiger partial charge >= 0.3 is 0 Å². The SMILES string of the molecule is CC(CO)Oc1ccsc1. The van der Waals surface area contributed by atoms with E-state index in [0.717, 1.165) is 5.75 Å². The van der Waals surface area contributed by atoms with E-state index in [2.05, 4.69) is 0 Å². The highest BCUT2D eigenvalue weighted by Gasteiger charge is 2.00. The van der Waals surface area contributed by atoms with E-state index in [1.165, 1.54) is 0 Å². The summed E-state index contributed by atoms with van der Waals surface area (Å²) in [6, 6.07) is 1.89. The highest BCUT2D eigenvalue weighted by Crippen LogP contribution is 2.15. The smallest absolute Gasteiger partial charge is 0.130 e. The minimum atomic E-state index is -0.102. The van der Waals surface area contributed by atoms with Gasteiger partial charge in [-0.05, 0) is 18.4 Å². The Labute approximate surface area is 64.1 Å². The topological polar surface area (TPSA) is 29.5 Å². The van der Waals surface area contributed by atoms with Crippen molar-refractivity contribution in [3.8, 4) is 5.75 Å². The normalized spacial score (nSPS) is 13.0. The van der Waals surface area contributed by atoms with Crippen LogP contribution in [0.2, 0.25) is 0 Å². The Bertz CT molecular complexity index is 172. The molecule has 1 aromatic rings. The third-order valence-electron chi connectivity index (χ3n) is 1.09. The minimum absolute atomic E-state index is 0.0653. The summed E-state index contributed by atoms with van der Waals surface area (Å²) < 4.78 is 5.26. The molecule has 3 heteroatoms. The summed E-state index contributed by atoms with van der Waals surface area (Å²) in [6.45, 7) is 1.90. The van der Waals surface area contributed by atoms with Crippen molar-refractivity contribution in [2.24, 2.45) is 0 Å². The summed E-state index contributed by atoms with van der Waals surface area (Å²) in [7, 11) is 0. The molecule has 2 nitrogen and oxygen atoms in total. The summed E-state index contributed by atoms with van der Waals surface area (Å²) in [4.78, 5) is 0. The number of hydrogen-bond donors (Lipinski definition) is 1. The molecule has 56 valence electrons. The quantitative estimate of drug-likeness (QED) is 0.722. The second-order valence-electron chi connectivity index (χ2n) is 2.07. The Kier molecular flexibility index (Phi) is 2.71. The first-order valence-electron chi connectivity index (χ1n) is 3.12. The van der Waals surface area contributed by atoms with E-state index >= 15 is 0 Å². The standard InChI is InChI=1S/C7H10O2S/c1-6(4-8)9-7-2-3-10-5-7/h2-3,5-6,8H,4H2,1H3. The van der Waals surface area contributed by atoms with E-state index in [-0.39, 0.29) is 12.7 Å². The molecule has 10 heavy (non-hydrogen) atoms. The first kappa shape index (κ1) is 7.57. The Morgan fingerprint density at radius 3 is 3.10 bits per heavy atom. The molecular weight excluding hydrogens is 148 g/mol. The molecule has 1 aromatic heterocycles. The average Bonchev–Trinajstić information content (AvgIpc) is 2.40. The van der Waals surface area contributed by atoms with Gasteiger partial charge in [-0.25, -0.2) is 0 Å². The van der Waals surface area contributed by atoms with E-state index in [1.54, 1.807) is 11.3 Å². The lowest BCUT2D eigenvalue weighted by Gasteiger charge is -2.08. The van der Waals surface area contributed by atoms with Crippen molar-refractivity contribution in [2.45, 2.75) is 13.0 Å². The van der Waals surface area contributed by atoms with Gasteiger partial charge in [0.1, 0.15) is 11.9 Å². The molecule has 1 N–H and O–H groups in total. The molecule has 0 aromatic carbocycles. The summed E-state index contributed by atoms with van der Waals surface area (Å²) in [5.41, 5.74) is 0. The summed E-state index contributed by atoms with van der Waals surface area (Å²) in [5, 5.41) is 12.5. The van der Waals surface area contributed by atoms with E-state index in [4.69, 9.17) is 9.84 Å². The van der Waals surface area contributed by atoms with E-state index in [0.29, 0.717) is 0 Å². The van der Waals surface area contributed by atoms with Gasteiger partial charge in [-0.15, -0.1) is 11.3 Å². The van der Waals surface area contributed by atoms with Crippen LogP contribution in [0.4, 0.5) is 0 Å². The van der Waals surface area contributed by atoms with Crippen molar-refractivity contribution in [2.75, 3.05) is 6.61 Å². The molecule has 0 fully saturated rings. The summed E-state index contributed by atoms with van der Waals surface area (Å²) >= 11 is 1.59. The monoisotopic (exact) mass is 158 g/mol. The molecule has 0 saturated heterocycles. The highest BCUT2D eigenvalue weighted by atomic mass is 32.1. The zero-order valence-electron chi connectivity index (χ0n) is 5.78. The molecule has 0 aliphatic heterocycles. The van der Waals surface area contributed by atoms with Crippen LogP contribution in [-0.4, -0.2) is 17.8 Å². The van der Waals surface area contributed by atoms with Gasteiger partial charge in [0.2, 0.25) is 0 Å². The zero-order valence-corrected chi connectivity index (χ0v) is 6.60. The van der Waals surface area contributed by atoms with Crippen LogP contribution in [0.15, 0.2) is 16.8 Å². The van der Waals surface area contributed by atoms with Crippen LogP contribution in [0.1, 0.15) is 6.92 Å². The molecule has 1 rings (SSSR count). The molecule has 1 atom stereocenters. The number of ether oxygens (including phenoxy) is 1. The Balaban J connectivity index is 2.40. The first-order chi connectivity index (χ1) is 4.83. The van der Waals surface area contributed by atoms with Gasteiger partial charge in [-0.1, -0.05) is 0 Å². The lowest BCUT2D eigenvalue weighted by molar-refractivity contribution is 0.130. The predicted octanol–water partition coefficient (Wildman–Crippen LogP) is 1.51. The van der Waals surface area contributed by atoms with E-state index in [1.807, 2.05) is 23.8 Å². The second-order valence-corrected chi connectivity index (χ2v) is 2.85. The van der Waals surface area contributed by atoms with Crippen molar-refractivity contribution in [1.29, 1.82) is 0 Å². The van der Waals surface area contributed by atoms with Gasteiger partial charge in [-0.2, -0.15) is 0 Å². The van der Waals surface area contributed by atoms with E-state index < -0.39 is 0 Å². The molecule has 0 bridgehead atoms. The fourth-order valence-electron chi connectivity index (χ4n) is 0.589. The van der Waals surface area contributed by atoms with Gasteiger partial charge in [0.05, 0.1) is 6.61 Å². The fraction of sp³-hybridized carbons (Fsp3) is 0.429. The Hall–Kier alpha value is -0.540. The van der Waals surface area contributed by atoms with Crippen LogP contribution in [0.3, 0.4) is 0 Å². The molecule has 0 spiro atoms. The molecule has 1 unspecified atom stereocenters. The Morgan fingerprint density at radius 2 is 2.60 bits per heavy atom. The molecule has 0 radical (unpaired) electrons. The molecule has 1 heterocycles. The van der Waals surface area contributed by atoms with Crippen molar-refractivity contribution >= 4 is 11.3 Å². The van der Waals surface area contributed by atoms with Crippen LogP contribution >= 0.6 is 11.3 Å². The van der Waals surface area contributed by atoms with Crippen molar-refractivity contribution < 1.29 is 9.84 Å². The van der Waals surface area contributed by atoms with Crippen molar-refractivity contribution in [3.05, 3.63) is 16.8 Å². The van der Waals surface area contributed by atoms with Crippen molar-refractivity contribution in [1.82, 2.24) is 0 Å². The fourth-order valence-corrected chi connectivity index (χ4v) is 1.15. The largest absolute Gasteiger partial charge is 0.487 e. The molecular formula is C7H10O2S. The number of aliphatic hydroxyl groups is 1. The zero-order chi connectivity index (χ0) is 7.40. The number of thiophene rings is 1. The maximum Gasteiger partial charge on any atom is 0.130 e. The van der Waals surface area contributed by atoms with Gasteiger partial charge in [0.25, 0.3) is 0 Å².